The van der Waals surface area contributed by atoms with Crippen LogP contribution in [0.15, 0.2) is 60.7 Å². The summed E-state index contributed by atoms with van der Waals surface area (Å²) in [6.45, 7) is 2.37. The van der Waals surface area contributed by atoms with E-state index >= 15 is 0 Å². The molecule has 0 saturated carbocycles. The number of hydrogen-bond acceptors (Lipinski definition) is 6. The van der Waals surface area contributed by atoms with Crippen LogP contribution in [0, 0.1) is 0 Å². The van der Waals surface area contributed by atoms with Crippen molar-refractivity contribution in [2.24, 2.45) is 0 Å². The number of hydrogen-bond donors (Lipinski definition) is 2. The molecule has 0 spiro atoms. The normalized spacial score (nSPS) is 13.8. The minimum atomic E-state index is -4.36. The summed E-state index contributed by atoms with van der Waals surface area (Å²) in [4.78, 5) is 10.2. The SMILES string of the molecule is CCCCCCCCCCS(=O)(=O)NC(CCCCCCCCCCCCc1ccccc1)COP(=O)(O)OCCOCc1ccccc1. The Morgan fingerprint density at radius 3 is 1.76 bits per heavy atom. The quantitative estimate of drug-likeness (QED) is 0.0557. The molecule has 0 aromatic heterocycles. The number of benzene rings is 2. The van der Waals surface area contributed by atoms with E-state index in [1.807, 2.05) is 30.3 Å². The fourth-order valence-corrected chi connectivity index (χ4v) is 8.03. The highest BCUT2D eigenvalue weighted by Gasteiger charge is 2.25. The minimum absolute atomic E-state index is 0.0523. The van der Waals surface area contributed by atoms with Gasteiger partial charge in [-0.3, -0.25) is 9.05 Å². The third-order valence-electron chi connectivity index (χ3n) is 8.76. The summed E-state index contributed by atoms with van der Waals surface area (Å²) in [7, 11) is -7.91. The lowest BCUT2D eigenvalue weighted by Gasteiger charge is -2.20. The number of aryl methyl sites for hydroxylation is 1. The highest BCUT2D eigenvalue weighted by molar-refractivity contribution is 7.89. The predicted molar refractivity (Wildman–Crippen MR) is 202 cm³/mol. The summed E-state index contributed by atoms with van der Waals surface area (Å²) in [5.41, 5.74) is 2.42. The fourth-order valence-electron chi connectivity index (χ4n) is 5.89. The van der Waals surface area contributed by atoms with E-state index in [1.165, 1.54) is 76.2 Å². The molecule has 8 nitrogen and oxygen atoms in total. The molecule has 0 aliphatic heterocycles. The van der Waals surface area contributed by atoms with Crippen LogP contribution >= 0.6 is 7.82 Å². The molecule has 0 bridgehead atoms. The van der Waals surface area contributed by atoms with E-state index in [2.05, 4.69) is 42.0 Å². The van der Waals surface area contributed by atoms with Crippen LogP contribution < -0.4 is 4.72 Å². The Bertz CT molecular complexity index is 1200. The smallest absolute Gasteiger partial charge is 0.374 e. The van der Waals surface area contributed by atoms with E-state index in [0.717, 1.165) is 50.5 Å². The van der Waals surface area contributed by atoms with Crippen LogP contribution in [0.4, 0.5) is 0 Å². The molecule has 0 aliphatic rings. The monoisotopic (exact) mass is 723 g/mol. The van der Waals surface area contributed by atoms with E-state index < -0.39 is 23.9 Å². The van der Waals surface area contributed by atoms with Gasteiger partial charge >= 0.3 is 7.82 Å². The van der Waals surface area contributed by atoms with E-state index in [9.17, 15) is 17.9 Å². The summed E-state index contributed by atoms with van der Waals surface area (Å²) in [5, 5.41) is 0. The molecule has 0 radical (unpaired) electrons. The van der Waals surface area contributed by atoms with Crippen molar-refractivity contribution >= 4 is 17.8 Å². The van der Waals surface area contributed by atoms with E-state index in [0.29, 0.717) is 19.4 Å². The molecule has 49 heavy (non-hydrogen) atoms. The van der Waals surface area contributed by atoms with Crippen molar-refractivity contribution in [2.45, 2.75) is 148 Å². The van der Waals surface area contributed by atoms with Gasteiger partial charge in [0.05, 0.1) is 32.2 Å². The lowest BCUT2D eigenvalue weighted by molar-refractivity contribution is 0.0667. The van der Waals surface area contributed by atoms with Gasteiger partial charge < -0.3 is 9.63 Å². The first-order chi connectivity index (χ1) is 23.8. The third kappa shape index (κ3) is 25.1. The fraction of sp³-hybridized carbons (Fsp3) is 0.692. The van der Waals surface area contributed by atoms with Crippen LogP contribution in [0.3, 0.4) is 0 Å². The van der Waals surface area contributed by atoms with Crippen LogP contribution in [0.25, 0.3) is 0 Å². The molecule has 10 heteroatoms. The number of nitrogens with one attached hydrogen (secondary N) is 1. The van der Waals surface area contributed by atoms with Crippen molar-refractivity contribution in [1.82, 2.24) is 4.72 Å². The van der Waals surface area contributed by atoms with Crippen LogP contribution in [-0.2, 0) is 41.4 Å². The summed E-state index contributed by atoms with van der Waals surface area (Å²) >= 11 is 0. The number of rotatable bonds is 33. The van der Waals surface area contributed by atoms with Crippen molar-refractivity contribution in [2.75, 3.05) is 25.6 Å². The second kappa shape index (κ2) is 28.1. The zero-order chi connectivity index (χ0) is 35.3. The zero-order valence-electron chi connectivity index (χ0n) is 30.3. The van der Waals surface area contributed by atoms with E-state index in [1.54, 1.807) is 0 Å². The van der Waals surface area contributed by atoms with Crippen LogP contribution in [0.2, 0.25) is 0 Å². The molecule has 0 amide bonds. The molecule has 2 atom stereocenters. The van der Waals surface area contributed by atoms with E-state index in [4.69, 9.17) is 13.8 Å². The number of unbranched alkanes of at least 4 members (excludes halogenated alkanes) is 16. The molecule has 2 N–H and O–H groups in total. The van der Waals surface area contributed by atoms with Gasteiger partial charge in [0.1, 0.15) is 0 Å². The molecule has 2 unspecified atom stereocenters. The first-order valence-electron chi connectivity index (χ1n) is 19.1. The Morgan fingerprint density at radius 1 is 0.653 bits per heavy atom. The predicted octanol–water partition coefficient (Wildman–Crippen LogP) is 10.3. The second-order valence-corrected chi connectivity index (χ2v) is 16.6. The molecule has 2 rings (SSSR count). The Hall–Kier alpha value is -1.58. The van der Waals surface area contributed by atoms with Crippen LogP contribution in [-0.4, -0.2) is 44.9 Å². The standard InChI is InChI=1S/C39H66NO7PS/c1-2-3-4-5-6-13-16-25-34-49(43,44)40-39(36-47-48(41,42)46-33-32-45-35-38-29-22-18-23-30-38)31-24-15-12-10-8-7-9-11-14-19-26-37-27-20-17-21-28-37/h17-18,20-23,27-30,39-40H,2-16,19,24-26,31-36H2,1H3,(H,41,42). The molecule has 0 saturated heterocycles. The van der Waals surface area contributed by atoms with Gasteiger partial charge in [0.25, 0.3) is 0 Å². The number of phosphoric acid groups is 1. The number of sulfonamides is 1. The van der Waals surface area contributed by atoms with Gasteiger partial charge in [0, 0.05) is 6.04 Å². The van der Waals surface area contributed by atoms with Gasteiger partial charge in [0.2, 0.25) is 10.0 Å². The average Bonchev–Trinajstić information content (AvgIpc) is 3.09. The molecule has 2 aromatic carbocycles. The summed E-state index contributed by atoms with van der Waals surface area (Å²) in [6, 6.07) is 19.7. The molecular formula is C39H66NO7PS. The van der Waals surface area contributed by atoms with Crippen molar-refractivity contribution in [3.05, 3.63) is 71.8 Å². The Labute approximate surface area is 298 Å². The highest BCUT2D eigenvalue weighted by atomic mass is 32.2. The van der Waals surface area contributed by atoms with Gasteiger partial charge in [-0.05, 0) is 36.8 Å². The summed E-state index contributed by atoms with van der Waals surface area (Å²) < 4.78 is 57.1. The van der Waals surface area contributed by atoms with Gasteiger partial charge in [0.15, 0.2) is 0 Å². The first-order valence-corrected chi connectivity index (χ1v) is 22.2. The largest absolute Gasteiger partial charge is 0.472 e. The molecule has 0 aliphatic carbocycles. The van der Waals surface area contributed by atoms with Crippen molar-refractivity contribution < 1.29 is 31.7 Å². The van der Waals surface area contributed by atoms with Crippen molar-refractivity contribution in [1.29, 1.82) is 0 Å². The highest BCUT2D eigenvalue weighted by Crippen LogP contribution is 2.43. The second-order valence-electron chi connectivity index (χ2n) is 13.3. The number of phosphoric ester groups is 1. The van der Waals surface area contributed by atoms with E-state index in [-0.39, 0.29) is 25.6 Å². The molecule has 2 aromatic rings. The zero-order valence-corrected chi connectivity index (χ0v) is 32.0. The lowest BCUT2D eigenvalue weighted by Crippen LogP contribution is -2.39. The number of ether oxygens (including phenoxy) is 1. The van der Waals surface area contributed by atoms with Crippen LogP contribution in [0.1, 0.15) is 140 Å². The summed E-state index contributed by atoms with van der Waals surface area (Å²) in [5.74, 6) is 0.0523. The topological polar surface area (TPSA) is 111 Å². The van der Waals surface area contributed by atoms with Crippen molar-refractivity contribution in [3.8, 4) is 0 Å². The lowest BCUT2D eigenvalue weighted by atomic mass is 10.0. The molecule has 280 valence electrons. The maximum atomic E-state index is 12.9. The van der Waals surface area contributed by atoms with Crippen LogP contribution in [0.5, 0.6) is 0 Å². The summed E-state index contributed by atoms with van der Waals surface area (Å²) in [6.07, 6.45) is 21.9. The average molecular weight is 724 g/mol. The Morgan fingerprint density at radius 2 is 1.16 bits per heavy atom. The maximum Gasteiger partial charge on any atom is 0.472 e. The van der Waals surface area contributed by atoms with Gasteiger partial charge in [-0.25, -0.2) is 17.7 Å². The first kappa shape index (κ1) is 43.6. The molecule has 0 heterocycles. The minimum Gasteiger partial charge on any atom is -0.374 e. The van der Waals surface area contributed by atoms with Gasteiger partial charge in [-0.1, -0.05) is 170 Å². The third-order valence-corrected chi connectivity index (χ3v) is 11.3. The maximum absolute atomic E-state index is 12.9. The van der Waals surface area contributed by atoms with Gasteiger partial charge in [-0.2, -0.15) is 0 Å². The van der Waals surface area contributed by atoms with Gasteiger partial charge in [-0.15, -0.1) is 0 Å². The molecular weight excluding hydrogens is 657 g/mol. The molecule has 0 fully saturated rings. The Balaban J connectivity index is 1.66. The Kier molecular flexibility index (Phi) is 25.0. The van der Waals surface area contributed by atoms with Crippen molar-refractivity contribution in [3.63, 3.8) is 0 Å².